The van der Waals surface area contributed by atoms with Crippen LogP contribution in [0.3, 0.4) is 0 Å². The topological polar surface area (TPSA) is 76.1 Å². The molecule has 5 unspecified atom stereocenters. The van der Waals surface area contributed by atoms with Crippen LogP contribution in [-0.2, 0) is 19.1 Å². The lowest BCUT2D eigenvalue weighted by atomic mass is 9.95. The maximum Gasteiger partial charge on any atom is 0.307 e. The highest BCUT2D eigenvalue weighted by Crippen LogP contribution is 2.40. The Morgan fingerprint density at radius 1 is 1.10 bits per heavy atom. The Kier molecular flexibility index (Phi) is 5.22. The fourth-order valence-electron chi connectivity index (χ4n) is 3.63. The second-order valence-corrected chi connectivity index (χ2v) is 6.09. The van der Waals surface area contributed by atoms with Gasteiger partial charge in [0.1, 0.15) is 12.2 Å². The van der Waals surface area contributed by atoms with E-state index >= 15 is 0 Å². The van der Waals surface area contributed by atoms with Crippen molar-refractivity contribution in [3.05, 3.63) is 0 Å². The lowest BCUT2D eigenvalue weighted by Crippen LogP contribution is -2.38. The average molecular weight is 299 g/mol. The molecule has 0 spiro atoms. The van der Waals surface area contributed by atoms with Crippen LogP contribution in [0.15, 0.2) is 0 Å². The van der Waals surface area contributed by atoms with Gasteiger partial charge in [-0.1, -0.05) is 13.3 Å². The molecular weight excluding hydrogens is 274 g/mol. The third-order valence-corrected chi connectivity index (χ3v) is 5.00. The van der Waals surface area contributed by atoms with E-state index < -0.39 is 17.8 Å². The number of amides is 1. The van der Waals surface area contributed by atoms with Crippen LogP contribution in [0, 0.1) is 17.8 Å². The van der Waals surface area contributed by atoms with Crippen molar-refractivity contribution >= 4 is 11.9 Å². The zero-order valence-electron chi connectivity index (χ0n) is 12.9. The summed E-state index contributed by atoms with van der Waals surface area (Å²) in [6.07, 6.45) is 1.95. The van der Waals surface area contributed by atoms with Crippen molar-refractivity contribution in [2.24, 2.45) is 17.8 Å². The fourth-order valence-corrected chi connectivity index (χ4v) is 3.63. The summed E-state index contributed by atoms with van der Waals surface area (Å²) in [6.45, 7) is 3.01. The van der Waals surface area contributed by atoms with Gasteiger partial charge in [0.2, 0.25) is 5.91 Å². The first kappa shape index (κ1) is 16.2. The lowest BCUT2D eigenvalue weighted by molar-refractivity contribution is -0.148. The molecule has 2 fully saturated rings. The van der Waals surface area contributed by atoms with Crippen LogP contribution in [0.1, 0.15) is 26.2 Å². The number of carboxylic acids is 1. The van der Waals surface area contributed by atoms with Crippen molar-refractivity contribution in [3.8, 4) is 0 Å². The van der Waals surface area contributed by atoms with E-state index in [2.05, 4.69) is 0 Å². The minimum Gasteiger partial charge on any atom is -0.481 e. The lowest BCUT2D eigenvalue weighted by Gasteiger charge is -2.22. The number of ether oxygens (including phenoxy) is 2. The first-order chi connectivity index (χ1) is 10.0. The molecule has 1 amide bonds. The predicted molar refractivity (Wildman–Crippen MR) is 75.8 cm³/mol. The Balaban J connectivity index is 2.07. The maximum atomic E-state index is 12.7. The van der Waals surface area contributed by atoms with Gasteiger partial charge in [-0.25, -0.2) is 0 Å². The van der Waals surface area contributed by atoms with Gasteiger partial charge in [0, 0.05) is 27.3 Å². The molecule has 0 aromatic rings. The highest BCUT2D eigenvalue weighted by Gasteiger charge is 2.46. The van der Waals surface area contributed by atoms with E-state index in [0.29, 0.717) is 31.8 Å². The average Bonchev–Trinajstić information content (AvgIpc) is 3.09. The molecule has 2 aliphatic rings. The molecule has 120 valence electrons. The first-order valence-corrected chi connectivity index (χ1v) is 7.58. The Hall–Kier alpha value is -1.14. The van der Waals surface area contributed by atoms with E-state index in [1.807, 2.05) is 6.92 Å². The highest BCUT2D eigenvalue weighted by atomic mass is 16.5. The number of nitrogens with zero attached hydrogens (tertiary/aromatic N) is 1. The summed E-state index contributed by atoms with van der Waals surface area (Å²) < 4.78 is 10.7. The van der Waals surface area contributed by atoms with Crippen LogP contribution < -0.4 is 0 Å². The summed E-state index contributed by atoms with van der Waals surface area (Å²) in [4.78, 5) is 25.8. The van der Waals surface area contributed by atoms with E-state index in [-0.39, 0.29) is 18.1 Å². The molecular formula is C15H25NO5. The molecule has 1 saturated carbocycles. The Labute approximate surface area is 125 Å². The second-order valence-electron chi connectivity index (χ2n) is 6.09. The SMILES string of the molecule is CCC1CC(C(=O)O)C(C(=O)N2CC(OC)C(OC)C2)C1. The van der Waals surface area contributed by atoms with Crippen LogP contribution in [0.25, 0.3) is 0 Å². The number of carbonyl (C=O) groups is 2. The molecule has 0 bridgehead atoms. The summed E-state index contributed by atoms with van der Waals surface area (Å²) in [5.74, 6) is -1.53. The van der Waals surface area contributed by atoms with Gasteiger partial charge in [-0.15, -0.1) is 0 Å². The molecule has 1 saturated heterocycles. The number of hydrogen-bond acceptors (Lipinski definition) is 4. The summed E-state index contributed by atoms with van der Waals surface area (Å²) in [6, 6.07) is 0. The molecule has 21 heavy (non-hydrogen) atoms. The second kappa shape index (κ2) is 6.75. The highest BCUT2D eigenvalue weighted by molar-refractivity contribution is 5.85. The number of carboxylic acid groups (broad SMARTS) is 1. The quantitative estimate of drug-likeness (QED) is 0.819. The van der Waals surface area contributed by atoms with Gasteiger partial charge < -0.3 is 19.5 Å². The van der Waals surface area contributed by atoms with E-state index in [1.54, 1.807) is 19.1 Å². The standard InChI is InChI=1S/C15H25NO5/c1-4-9-5-10(11(6-9)15(18)19)14(17)16-7-12(20-2)13(8-16)21-3/h9-13H,4-8H2,1-3H3,(H,18,19). The van der Waals surface area contributed by atoms with Crippen molar-refractivity contribution < 1.29 is 24.2 Å². The Bertz CT molecular complexity index is 388. The molecule has 5 atom stereocenters. The number of hydrogen-bond donors (Lipinski definition) is 1. The number of carbonyl (C=O) groups excluding carboxylic acids is 1. The van der Waals surface area contributed by atoms with E-state index in [1.165, 1.54) is 0 Å². The predicted octanol–water partition coefficient (Wildman–Crippen LogP) is 0.996. The smallest absolute Gasteiger partial charge is 0.307 e. The van der Waals surface area contributed by atoms with Gasteiger partial charge in [0.25, 0.3) is 0 Å². The summed E-state index contributed by atoms with van der Waals surface area (Å²) in [7, 11) is 3.21. The van der Waals surface area contributed by atoms with Crippen molar-refractivity contribution in [3.63, 3.8) is 0 Å². The minimum atomic E-state index is -0.852. The van der Waals surface area contributed by atoms with Crippen molar-refractivity contribution in [1.82, 2.24) is 4.90 Å². The largest absolute Gasteiger partial charge is 0.481 e. The fraction of sp³-hybridized carbons (Fsp3) is 0.867. The molecule has 1 aliphatic carbocycles. The zero-order valence-corrected chi connectivity index (χ0v) is 12.9. The van der Waals surface area contributed by atoms with Gasteiger partial charge >= 0.3 is 5.97 Å². The third kappa shape index (κ3) is 3.21. The maximum absolute atomic E-state index is 12.7. The molecule has 6 heteroatoms. The molecule has 0 radical (unpaired) electrons. The van der Waals surface area contributed by atoms with Gasteiger partial charge in [0.05, 0.1) is 11.8 Å². The first-order valence-electron chi connectivity index (χ1n) is 7.58. The Morgan fingerprint density at radius 2 is 1.62 bits per heavy atom. The molecule has 1 N–H and O–H groups in total. The van der Waals surface area contributed by atoms with Gasteiger partial charge in [-0.2, -0.15) is 0 Å². The van der Waals surface area contributed by atoms with E-state index in [9.17, 15) is 14.7 Å². The molecule has 6 nitrogen and oxygen atoms in total. The van der Waals surface area contributed by atoms with E-state index in [0.717, 1.165) is 6.42 Å². The number of aliphatic carboxylic acids is 1. The van der Waals surface area contributed by atoms with Crippen LogP contribution >= 0.6 is 0 Å². The normalized spacial score (nSPS) is 36.1. The van der Waals surface area contributed by atoms with Crippen LogP contribution in [0.2, 0.25) is 0 Å². The molecule has 0 aromatic carbocycles. The van der Waals surface area contributed by atoms with E-state index in [4.69, 9.17) is 9.47 Å². The third-order valence-electron chi connectivity index (χ3n) is 5.00. The monoisotopic (exact) mass is 299 g/mol. The molecule has 0 aromatic heterocycles. The Morgan fingerprint density at radius 3 is 2.05 bits per heavy atom. The number of likely N-dealkylation sites (tertiary alicyclic amines) is 1. The molecule has 2 rings (SSSR count). The summed E-state index contributed by atoms with van der Waals surface area (Å²) >= 11 is 0. The molecule has 1 aliphatic heterocycles. The number of rotatable bonds is 5. The molecule has 1 heterocycles. The minimum absolute atomic E-state index is 0.0556. The van der Waals surface area contributed by atoms with Gasteiger partial charge in [0.15, 0.2) is 0 Å². The number of methoxy groups -OCH3 is 2. The van der Waals surface area contributed by atoms with Gasteiger partial charge in [-0.05, 0) is 18.8 Å². The summed E-state index contributed by atoms with van der Waals surface area (Å²) in [5, 5.41) is 9.36. The summed E-state index contributed by atoms with van der Waals surface area (Å²) in [5.41, 5.74) is 0. The van der Waals surface area contributed by atoms with Crippen LogP contribution in [0.5, 0.6) is 0 Å². The van der Waals surface area contributed by atoms with Crippen molar-refractivity contribution in [2.75, 3.05) is 27.3 Å². The zero-order chi connectivity index (χ0) is 15.6. The van der Waals surface area contributed by atoms with Crippen molar-refractivity contribution in [2.45, 2.75) is 38.4 Å². The van der Waals surface area contributed by atoms with Crippen molar-refractivity contribution in [1.29, 1.82) is 0 Å². The van der Waals surface area contributed by atoms with Crippen LogP contribution in [0.4, 0.5) is 0 Å². The van der Waals surface area contributed by atoms with Crippen LogP contribution in [-0.4, -0.2) is 61.4 Å². The van der Waals surface area contributed by atoms with Gasteiger partial charge in [-0.3, -0.25) is 9.59 Å².